The van der Waals surface area contributed by atoms with E-state index in [1.165, 1.54) is 24.5 Å². The molecule has 0 aliphatic heterocycles. The topological polar surface area (TPSA) is 72.6 Å². The first-order valence-corrected chi connectivity index (χ1v) is 7.08. The molecule has 0 radical (unpaired) electrons. The van der Waals surface area contributed by atoms with Crippen LogP contribution >= 0.6 is 0 Å². The van der Waals surface area contributed by atoms with Crippen LogP contribution in [0.3, 0.4) is 0 Å². The van der Waals surface area contributed by atoms with Crippen molar-refractivity contribution in [3.63, 3.8) is 0 Å². The second kappa shape index (κ2) is 5.16. The number of sulfonamides is 1. The first-order chi connectivity index (χ1) is 8.21. The molecule has 6 heteroatoms. The lowest BCUT2D eigenvalue weighted by Crippen LogP contribution is -2.33. The molecule has 0 bridgehead atoms. The summed E-state index contributed by atoms with van der Waals surface area (Å²) in [7, 11) is -0.611. The number of nitrogen functional groups attached to an aromatic ring is 1. The molecule has 0 saturated carbocycles. The zero-order chi connectivity index (χ0) is 14.1. The molecule has 0 saturated heterocycles. The van der Waals surface area contributed by atoms with Gasteiger partial charge in [-0.25, -0.2) is 8.42 Å². The fourth-order valence-corrected chi connectivity index (χ4v) is 3.01. The highest BCUT2D eigenvalue weighted by atomic mass is 32.2. The van der Waals surface area contributed by atoms with Crippen molar-refractivity contribution < 1.29 is 13.2 Å². The third kappa shape index (κ3) is 2.59. The number of methoxy groups -OCH3 is 1. The maximum absolute atomic E-state index is 12.4. The van der Waals surface area contributed by atoms with Gasteiger partial charge in [-0.15, -0.1) is 0 Å². The molecule has 0 amide bonds. The van der Waals surface area contributed by atoms with Gasteiger partial charge >= 0.3 is 0 Å². The van der Waals surface area contributed by atoms with Crippen LogP contribution in [0, 0.1) is 6.92 Å². The van der Waals surface area contributed by atoms with Gasteiger partial charge in [-0.2, -0.15) is 4.31 Å². The van der Waals surface area contributed by atoms with Gasteiger partial charge in [0.25, 0.3) is 0 Å². The van der Waals surface area contributed by atoms with Crippen molar-refractivity contribution in [3.05, 3.63) is 17.7 Å². The molecule has 0 heterocycles. The molecule has 2 N–H and O–H groups in total. The molecule has 0 aliphatic carbocycles. The summed E-state index contributed by atoms with van der Waals surface area (Å²) in [5.41, 5.74) is 7.01. The smallest absolute Gasteiger partial charge is 0.246 e. The van der Waals surface area contributed by atoms with E-state index in [2.05, 4.69) is 0 Å². The number of aryl methyl sites for hydroxylation is 1. The minimum atomic E-state index is -3.59. The van der Waals surface area contributed by atoms with Crippen LogP contribution in [-0.2, 0) is 10.0 Å². The Morgan fingerprint density at radius 3 is 2.33 bits per heavy atom. The molecule has 0 aliphatic rings. The van der Waals surface area contributed by atoms with Crippen LogP contribution in [0.2, 0.25) is 0 Å². The van der Waals surface area contributed by atoms with Crippen molar-refractivity contribution in [1.82, 2.24) is 4.31 Å². The quantitative estimate of drug-likeness (QED) is 0.845. The highest BCUT2D eigenvalue weighted by Gasteiger charge is 2.27. The minimum Gasteiger partial charge on any atom is -0.495 e. The molecule has 102 valence electrons. The van der Waals surface area contributed by atoms with E-state index < -0.39 is 10.0 Å². The van der Waals surface area contributed by atoms with Gasteiger partial charge in [-0.1, -0.05) is 0 Å². The molecule has 5 nitrogen and oxygen atoms in total. The first kappa shape index (κ1) is 14.8. The van der Waals surface area contributed by atoms with Crippen LogP contribution in [0.5, 0.6) is 5.75 Å². The SMILES string of the molecule is COc1cc(C)c(N)cc1S(=O)(=O)N(C)C(C)C. The maximum Gasteiger partial charge on any atom is 0.246 e. The number of rotatable bonds is 4. The number of hydrogen-bond donors (Lipinski definition) is 1. The number of hydrogen-bond acceptors (Lipinski definition) is 4. The third-order valence-electron chi connectivity index (χ3n) is 2.94. The van der Waals surface area contributed by atoms with Crippen molar-refractivity contribution >= 4 is 15.7 Å². The molecule has 1 aromatic rings. The van der Waals surface area contributed by atoms with E-state index in [0.717, 1.165) is 5.56 Å². The molecule has 18 heavy (non-hydrogen) atoms. The Morgan fingerprint density at radius 2 is 1.89 bits per heavy atom. The first-order valence-electron chi connectivity index (χ1n) is 5.64. The lowest BCUT2D eigenvalue weighted by atomic mass is 10.2. The van der Waals surface area contributed by atoms with Crippen molar-refractivity contribution in [2.75, 3.05) is 19.9 Å². The molecule has 0 aromatic heterocycles. The number of benzene rings is 1. The van der Waals surface area contributed by atoms with E-state index in [-0.39, 0.29) is 10.9 Å². The Bertz CT molecular complexity index is 538. The molecule has 0 unspecified atom stereocenters. The average Bonchev–Trinajstić information content (AvgIpc) is 2.30. The molecular weight excluding hydrogens is 252 g/mol. The molecule has 1 rings (SSSR count). The third-order valence-corrected chi connectivity index (χ3v) is 4.99. The molecule has 1 aromatic carbocycles. The van der Waals surface area contributed by atoms with Crippen molar-refractivity contribution in [1.29, 1.82) is 0 Å². The monoisotopic (exact) mass is 272 g/mol. The Hall–Kier alpha value is -1.27. The van der Waals surface area contributed by atoms with Gasteiger partial charge in [0.1, 0.15) is 10.6 Å². The fraction of sp³-hybridized carbons (Fsp3) is 0.500. The summed E-state index contributed by atoms with van der Waals surface area (Å²) >= 11 is 0. The van der Waals surface area contributed by atoms with E-state index in [0.29, 0.717) is 11.4 Å². The lowest BCUT2D eigenvalue weighted by molar-refractivity contribution is 0.387. The van der Waals surface area contributed by atoms with Crippen LogP contribution in [-0.4, -0.2) is 32.9 Å². The van der Waals surface area contributed by atoms with Gasteiger partial charge in [0, 0.05) is 18.8 Å². The van der Waals surface area contributed by atoms with Gasteiger partial charge < -0.3 is 10.5 Å². The van der Waals surface area contributed by atoms with Gasteiger partial charge in [0.05, 0.1) is 7.11 Å². The molecule has 0 spiro atoms. The van der Waals surface area contributed by atoms with Crippen molar-refractivity contribution in [2.45, 2.75) is 31.7 Å². The Morgan fingerprint density at radius 1 is 1.33 bits per heavy atom. The number of ether oxygens (including phenoxy) is 1. The largest absolute Gasteiger partial charge is 0.495 e. The van der Waals surface area contributed by atoms with Crippen molar-refractivity contribution in [3.8, 4) is 5.75 Å². The molecular formula is C12H20N2O3S. The summed E-state index contributed by atoms with van der Waals surface area (Å²) in [6.45, 7) is 5.42. The Kier molecular flexibility index (Phi) is 4.24. The van der Waals surface area contributed by atoms with E-state index in [9.17, 15) is 8.42 Å². The van der Waals surface area contributed by atoms with Gasteiger partial charge in [0.2, 0.25) is 10.0 Å². The highest BCUT2D eigenvalue weighted by Crippen LogP contribution is 2.31. The highest BCUT2D eigenvalue weighted by molar-refractivity contribution is 7.89. The van der Waals surface area contributed by atoms with Crippen LogP contribution < -0.4 is 10.5 Å². The van der Waals surface area contributed by atoms with Crippen LogP contribution in [0.4, 0.5) is 5.69 Å². The van der Waals surface area contributed by atoms with Crippen LogP contribution in [0.1, 0.15) is 19.4 Å². The number of nitrogens with two attached hydrogens (primary N) is 1. The van der Waals surface area contributed by atoms with Crippen LogP contribution in [0.15, 0.2) is 17.0 Å². The Labute approximate surface area is 109 Å². The lowest BCUT2D eigenvalue weighted by Gasteiger charge is -2.22. The summed E-state index contributed by atoms with van der Waals surface area (Å²) in [5, 5.41) is 0. The average molecular weight is 272 g/mol. The van der Waals surface area contributed by atoms with E-state index in [4.69, 9.17) is 10.5 Å². The normalized spacial score (nSPS) is 12.2. The van der Waals surface area contributed by atoms with Crippen LogP contribution in [0.25, 0.3) is 0 Å². The van der Waals surface area contributed by atoms with Gasteiger partial charge in [0.15, 0.2) is 0 Å². The predicted molar refractivity (Wildman–Crippen MR) is 72.2 cm³/mol. The molecule has 0 fully saturated rings. The second-order valence-corrected chi connectivity index (χ2v) is 6.44. The van der Waals surface area contributed by atoms with E-state index in [1.54, 1.807) is 13.0 Å². The number of nitrogens with zero attached hydrogens (tertiary/aromatic N) is 1. The maximum atomic E-state index is 12.4. The second-order valence-electron chi connectivity index (χ2n) is 4.47. The number of anilines is 1. The summed E-state index contributed by atoms with van der Waals surface area (Å²) in [6.07, 6.45) is 0. The summed E-state index contributed by atoms with van der Waals surface area (Å²) < 4.78 is 31.2. The van der Waals surface area contributed by atoms with Gasteiger partial charge in [-0.3, -0.25) is 0 Å². The van der Waals surface area contributed by atoms with Gasteiger partial charge in [-0.05, 0) is 38.5 Å². The van der Waals surface area contributed by atoms with E-state index in [1.807, 2.05) is 13.8 Å². The fourth-order valence-electron chi connectivity index (χ4n) is 1.47. The molecule has 0 atom stereocenters. The minimum absolute atomic E-state index is 0.101. The zero-order valence-electron chi connectivity index (χ0n) is 11.4. The summed E-state index contributed by atoms with van der Waals surface area (Å²) in [4.78, 5) is 0.101. The zero-order valence-corrected chi connectivity index (χ0v) is 12.2. The predicted octanol–water partition coefficient (Wildman–Crippen LogP) is 1.61. The van der Waals surface area contributed by atoms with Crippen molar-refractivity contribution in [2.24, 2.45) is 0 Å². The summed E-state index contributed by atoms with van der Waals surface area (Å²) in [6, 6.07) is 2.95. The van der Waals surface area contributed by atoms with E-state index >= 15 is 0 Å². The Balaban J connectivity index is 3.45. The standard InChI is InChI=1S/C12H20N2O3S/c1-8(2)14(4)18(15,16)12-7-10(13)9(3)6-11(12)17-5/h6-8H,13H2,1-5H3. The summed E-state index contributed by atoms with van der Waals surface area (Å²) in [5.74, 6) is 0.314.